The zero-order chi connectivity index (χ0) is 16.2. The maximum Gasteiger partial charge on any atom is 0.345 e. The fourth-order valence-corrected chi connectivity index (χ4v) is 2.64. The minimum atomic E-state index is -0.321. The summed E-state index contributed by atoms with van der Waals surface area (Å²) in [6, 6.07) is 18.3. The zero-order valence-corrected chi connectivity index (χ0v) is 13.2. The Bertz CT molecular complexity index is 891. The lowest BCUT2D eigenvalue weighted by molar-refractivity contribution is 1.02. The third-order valence-corrected chi connectivity index (χ3v) is 3.77. The van der Waals surface area contributed by atoms with Crippen molar-refractivity contribution in [3.63, 3.8) is 0 Å². The van der Waals surface area contributed by atoms with E-state index >= 15 is 0 Å². The molecule has 1 N–H and O–H groups in total. The Labute approximate surface area is 135 Å². The average molecular weight is 302 g/mol. The van der Waals surface area contributed by atoms with Crippen LogP contribution in [0, 0.1) is 6.92 Å². The normalized spacial score (nSPS) is 11.0. The summed E-state index contributed by atoms with van der Waals surface area (Å²) < 4.78 is 0. The number of H-pyrrole nitrogens is 1. The van der Waals surface area contributed by atoms with Gasteiger partial charge in [0.25, 0.3) is 0 Å². The highest BCUT2D eigenvalue weighted by atomic mass is 16.1. The highest BCUT2D eigenvalue weighted by Gasteiger charge is 2.09. The van der Waals surface area contributed by atoms with E-state index in [0.717, 1.165) is 22.4 Å². The van der Waals surface area contributed by atoms with E-state index in [9.17, 15) is 4.79 Å². The summed E-state index contributed by atoms with van der Waals surface area (Å²) >= 11 is 0. The van der Waals surface area contributed by atoms with Crippen LogP contribution < -0.4 is 5.69 Å². The number of nitrogens with one attached hydrogen (secondary N) is 1. The Morgan fingerprint density at radius 2 is 1.52 bits per heavy atom. The number of nitrogens with zero attached hydrogens (tertiary/aromatic N) is 1. The summed E-state index contributed by atoms with van der Waals surface area (Å²) in [6.45, 7) is 3.84. The highest BCUT2D eigenvalue weighted by molar-refractivity contribution is 5.75. The summed E-state index contributed by atoms with van der Waals surface area (Å²) in [5.74, 6) is 0. The molecule has 0 saturated heterocycles. The lowest BCUT2D eigenvalue weighted by atomic mass is 10.00. The van der Waals surface area contributed by atoms with Crippen LogP contribution >= 0.6 is 0 Å². The Balaban J connectivity index is 2.08. The van der Waals surface area contributed by atoms with Gasteiger partial charge in [-0.2, -0.15) is 4.98 Å². The molecule has 23 heavy (non-hydrogen) atoms. The van der Waals surface area contributed by atoms with Crippen LogP contribution in [0.2, 0.25) is 0 Å². The molecule has 0 aliphatic heterocycles. The van der Waals surface area contributed by atoms with Crippen molar-refractivity contribution >= 4 is 6.08 Å². The molecule has 0 radical (unpaired) electrons. The van der Waals surface area contributed by atoms with E-state index < -0.39 is 0 Å². The predicted molar refractivity (Wildman–Crippen MR) is 95.2 cm³/mol. The van der Waals surface area contributed by atoms with Gasteiger partial charge in [-0.25, -0.2) is 4.79 Å². The molecule has 114 valence electrons. The molecule has 0 spiro atoms. The van der Waals surface area contributed by atoms with Crippen molar-refractivity contribution in [2.75, 3.05) is 0 Å². The zero-order valence-electron chi connectivity index (χ0n) is 13.2. The molecule has 0 fully saturated rings. The predicted octanol–water partition coefficient (Wildman–Crippen LogP) is 4.45. The fraction of sp³-hybridized carbons (Fsp3) is 0.100. The van der Waals surface area contributed by atoms with Gasteiger partial charge in [-0.3, -0.25) is 0 Å². The van der Waals surface area contributed by atoms with Gasteiger partial charge in [-0.1, -0.05) is 66.7 Å². The molecule has 3 rings (SSSR count). The Morgan fingerprint density at radius 3 is 2.17 bits per heavy atom. The van der Waals surface area contributed by atoms with Gasteiger partial charge in [0.05, 0.1) is 5.69 Å². The smallest absolute Gasteiger partial charge is 0.309 e. The molecule has 0 unspecified atom stereocenters. The second-order valence-electron chi connectivity index (χ2n) is 5.37. The molecule has 3 aromatic rings. The topological polar surface area (TPSA) is 45.8 Å². The monoisotopic (exact) mass is 302 g/mol. The van der Waals surface area contributed by atoms with Crippen LogP contribution in [0.25, 0.3) is 28.5 Å². The van der Waals surface area contributed by atoms with Crippen molar-refractivity contribution in [3.8, 4) is 22.4 Å². The lowest BCUT2D eigenvalue weighted by Gasteiger charge is -2.09. The molecule has 0 atom stereocenters. The lowest BCUT2D eigenvalue weighted by Crippen LogP contribution is -2.14. The van der Waals surface area contributed by atoms with Gasteiger partial charge in [-0.15, -0.1) is 0 Å². The summed E-state index contributed by atoms with van der Waals surface area (Å²) in [5, 5.41) is 0. The van der Waals surface area contributed by atoms with Crippen LogP contribution in [-0.2, 0) is 0 Å². The largest absolute Gasteiger partial charge is 0.345 e. The van der Waals surface area contributed by atoms with Crippen molar-refractivity contribution in [1.29, 1.82) is 0 Å². The molecule has 0 saturated carbocycles. The SMILES string of the molecule is C/C=C\c1c(-c2ccc(-c3ccccc3)cc2)nc(=O)[nH]c1C. The number of aryl methyl sites for hydroxylation is 1. The van der Waals surface area contributed by atoms with Gasteiger partial charge in [-0.05, 0) is 25.0 Å². The minimum Gasteiger partial charge on any atom is -0.309 e. The maximum absolute atomic E-state index is 11.7. The van der Waals surface area contributed by atoms with Crippen LogP contribution in [0.1, 0.15) is 18.2 Å². The van der Waals surface area contributed by atoms with Gasteiger partial charge in [0.2, 0.25) is 0 Å². The van der Waals surface area contributed by atoms with E-state index in [0.29, 0.717) is 5.69 Å². The van der Waals surface area contributed by atoms with E-state index in [-0.39, 0.29) is 5.69 Å². The summed E-state index contributed by atoms with van der Waals surface area (Å²) in [6.07, 6.45) is 3.92. The summed E-state index contributed by atoms with van der Waals surface area (Å²) in [7, 11) is 0. The van der Waals surface area contributed by atoms with Gasteiger partial charge in [0.15, 0.2) is 0 Å². The van der Waals surface area contributed by atoms with E-state index in [1.165, 1.54) is 5.56 Å². The third kappa shape index (κ3) is 3.14. The van der Waals surface area contributed by atoms with Crippen LogP contribution in [0.5, 0.6) is 0 Å². The van der Waals surface area contributed by atoms with Gasteiger partial charge in [0, 0.05) is 16.8 Å². The Morgan fingerprint density at radius 1 is 0.913 bits per heavy atom. The number of benzene rings is 2. The number of rotatable bonds is 3. The van der Waals surface area contributed by atoms with Crippen LogP contribution in [0.15, 0.2) is 65.5 Å². The van der Waals surface area contributed by atoms with Crippen molar-refractivity contribution in [1.82, 2.24) is 9.97 Å². The van der Waals surface area contributed by atoms with Crippen LogP contribution in [0.3, 0.4) is 0 Å². The van der Waals surface area contributed by atoms with Crippen molar-refractivity contribution < 1.29 is 0 Å². The standard InChI is InChI=1S/C20H18N2O/c1-3-7-18-14(2)21-20(23)22-19(18)17-12-10-16(11-13-17)15-8-5-4-6-9-15/h3-13H,1-2H3,(H,21,22,23)/b7-3-. The van der Waals surface area contributed by atoms with E-state index in [1.807, 2.05) is 56.3 Å². The first-order valence-electron chi connectivity index (χ1n) is 7.58. The minimum absolute atomic E-state index is 0.321. The molecule has 1 heterocycles. The molecule has 2 aromatic carbocycles. The molecule has 0 aliphatic rings. The summed E-state index contributed by atoms with van der Waals surface area (Å²) in [4.78, 5) is 18.7. The van der Waals surface area contributed by atoms with Crippen molar-refractivity contribution in [2.24, 2.45) is 0 Å². The van der Waals surface area contributed by atoms with Gasteiger partial charge in [0.1, 0.15) is 0 Å². The molecular weight excluding hydrogens is 284 g/mol. The van der Waals surface area contributed by atoms with Crippen LogP contribution in [0.4, 0.5) is 0 Å². The summed E-state index contributed by atoms with van der Waals surface area (Å²) in [5.41, 5.74) is 5.41. The number of allylic oxidation sites excluding steroid dienone is 1. The number of aromatic nitrogens is 2. The van der Waals surface area contributed by atoms with Crippen LogP contribution in [-0.4, -0.2) is 9.97 Å². The molecule has 3 heteroatoms. The molecule has 0 bridgehead atoms. The number of hydrogen-bond acceptors (Lipinski definition) is 2. The van der Waals surface area contributed by atoms with Gasteiger partial charge < -0.3 is 4.98 Å². The van der Waals surface area contributed by atoms with E-state index in [2.05, 4.69) is 34.2 Å². The molecule has 0 amide bonds. The first-order valence-corrected chi connectivity index (χ1v) is 7.58. The molecule has 0 aliphatic carbocycles. The first-order chi connectivity index (χ1) is 11.2. The van der Waals surface area contributed by atoms with Crippen molar-refractivity contribution in [2.45, 2.75) is 13.8 Å². The molecular formula is C20H18N2O. The Kier molecular flexibility index (Phi) is 4.20. The van der Waals surface area contributed by atoms with E-state index in [4.69, 9.17) is 0 Å². The third-order valence-electron chi connectivity index (χ3n) is 3.77. The van der Waals surface area contributed by atoms with E-state index in [1.54, 1.807) is 0 Å². The molecule has 3 nitrogen and oxygen atoms in total. The number of hydrogen-bond donors (Lipinski definition) is 1. The fourth-order valence-electron chi connectivity index (χ4n) is 2.64. The molecule has 1 aromatic heterocycles. The quantitative estimate of drug-likeness (QED) is 0.777. The first kappa shape index (κ1) is 15.0. The maximum atomic E-state index is 11.7. The Hall–Kier alpha value is -2.94. The highest BCUT2D eigenvalue weighted by Crippen LogP contribution is 2.26. The second kappa shape index (κ2) is 6.44. The second-order valence-corrected chi connectivity index (χ2v) is 5.37. The average Bonchev–Trinajstić information content (AvgIpc) is 2.58. The van der Waals surface area contributed by atoms with Crippen molar-refractivity contribution in [3.05, 3.63) is 82.4 Å². The number of aromatic amines is 1. The van der Waals surface area contributed by atoms with Gasteiger partial charge >= 0.3 is 5.69 Å².